The van der Waals surface area contributed by atoms with E-state index in [1.165, 1.54) is 0 Å². The Kier molecular flexibility index (Phi) is 3.71. The molecule has 1 heterocycles. The molecule has 0 aliphatic carbocycles. The van der Waals surface area contributed by atoms with Crippen LogP contribution in [0.3, 0.4) is 0 Å². The lowest BCUT2D eigenvalue weighted by molar-refractivity contribution is 0.112. The van der Waals surface area contributed by atoms with Crippen LogP contribution in [0.25, 0.3) is 10.9 Å². The predicted octanol–water partition coefficient (Wildman–Crippen LogP) is 4.91. The lowest BCUT2D eigenvalue weighted by Gasteiger charge is -2.10. The third-order valence-corrected chi connectivity index (χ3v) is 3.76. The Hall–Kier alpha value is -2.20. The molecule has 0 bridgehead atoms. The third-order valence-electron chi connectivity index (χ3n) is 3.14. The SMILES string of the molecule is Cc1ccc(Oc2nc3ccccc3cc2C=O)c(Br)c1. The van der Waals surface area contributed by atoms with Gasteiger partial charge in [-0.1, -0.05) is 24.3 Å². The second-order valence-corrected chi connectivity index (χ2v) is 5.58. The molecule has 3 rings (SSSR count). The molecule has 3 nitrogen and oxygen atoms in total. The highest BCUT2D eigenvalue weighted by atomic mass is 79.9. The zero-order valence-corrected chi connectivity index (χ0v) is 12.9. The van der Waals surface area contributed by atoms with E-state index in [0.29, 0.717) is 17.2 Å². The van der Waals surface area contributed by atoms with Crippen LogP contribution in [0.2, 0.25) is 0 Å². The molecular formula is C17H12BrNO2. The van der Waals surface area contributed by atoms with Gasteiger partial charge in [-0.05, 0) is 52.7 Å². The number of hydrogen-bond donors (Lipinski definition) is 0. The highest BCUT2D eigenvalue weighted by Gasteiger charge is 2.10. The molecule has 0 amide bonds. The van der Waals surface area contributed by atoms with Crippen LogP contribution in [0, 0.1) is 6.92 Å². The van der Waals surface area contributed by atoms with Crippen molar-refractivity contribution in [2.45, 2.75) is 6.92 Å². The van der Waals surface area contributed by atoms with Gasteiger partial charge in [0, 0.05) is 5.39 Å². The molecule has 0 radical (unpaired) electrons. The van der Waals surface area contributed by atoms with Crippen molar-refractivity contribution in [1.82, 2.24) is 4.98 Å². The third kappa shape index (κ3) is 2.81. The number of carbonyl (C=O) groups excluding carboxylic acids is 1. The second kappa shape index (κ2) is 5.66. The number of aromatic nitrogens is 1. The highest BCUT2D eigenvalue weighted by molar-refractivity contribution is 9.10. The molecule has 0 aliphatic rings. The molecular weight excluding hydrogens is 330 g/mol. The van der Waals surface area contributed by atoms with Gasteiger partial charge in [-0.2, -0.15) is 0 Å². The van der Waals surface area contributed by atoms with Crippen LogP contribution in [0.15, 0.2) is 53.0 Å². The number of aldehydes is 1. The molecule has 2 aromatic carbocycles. The van der Waals surface area contributed by atoms with E-state index in [2.05, 4.69) is 20.9 Å². The summed E-state index contributed by atoms with van der Waals surface area (Å²) in [5.74, 6) is 0.944. The maximum Gasteiger partial charge on any atom is 0.230 e. The fraction of sp³-hybridized carbons (Fsp3) is 0.0588. The van der Waals surface area contributed by atoms with Crippen molar-refractivity contribution in [3.63, 3.8) is 0 Å². The lowest BCUT2D eigenvalue weighted by atomic mass is 10.1. The number of halogens is 1. The Morgan fingerprint density at radius 2 is 1.95 bits per heavy atom. The van der Waals surface area contributed by atoms with Gasteiger partial charge in [0.05, 0.1) is 15.6 Å². The monoisotopic (exact) mass is 341 g/mol. The normalized spacial score (nSPS) is 10.6. The van der Waals surface area contributed by atoms with Crippen LogP contribution in [0.4, 0.5) is 0 Å². The smallest absolute Gasteiger partial charge is 0.230 e. The van der Waals surface area contributed by atoms with Crippen molar-refractivity contribution in [3.8, 4) is 11.6 Å². The van der Waals surface area contributed by atoms with Crippen molar-refractivity contribution in [1.29, 1.82) is 0 Å². The van der Waals surface area contributed by atoms with Crippen LogP contribution in [-0.2, 0) is 0 Å². The number of para-hydroxylation sites is 1. The Bertz CT molecular complexity index is 830. The summed E-state index contributed by atoms with van der Waals surface area (Å²) >= 11 is 3.46. The van der Waals surface area contributed by atoms with Crippen molar-refractivity contribution in [3.05, 3.63) is 64.1 Å². The number of benzene rings is 2. The molecule has 0 saturated heterocycles. The molecule has 0 unspecified atom stereocenters. The van der Waals surface area contributed by atoms with Gasteiger partial charge in [-0.15, -0.1) is 0 Å². The molecule has 4 heteroatoms. The summed E-state index contributed by atoms with van der Waals surface area (Å²) in [7, 11) is 0. The van der Waals surface area contributed by atoms with Gasteiger partial charge in [0.2, 0.25) is 5.88 Å². The zero-order chi connectivity index (χ0) is 14.8. The minimum absolute atomic E-state index is 0.313. The van der Waals surface area contributed by atoms with Gasteiger partial charge in [0.25, 0.3) is 0 Å². The number of fused-ring (bicyclic) bond motifs is 1. The van der Waals surface area contributed by atoms with Gasteiger partial charge < -0.3 is 4.74 Å². The molecule has 0 atom stereocenters. The first-order valence-electron chi connectivity index (χ1n) is 6.46. The number of ether oxygens (including phenoxy) is 1. The van der Waals surface area contributed by atoms with Crippen molar-refractivity contribution < 1.29 is 9.53 Å². The maximum atomic E-state index is 11.3. The van der Waals surface area contributed by atoms with E-state index >= 15 is 0 Å². The number of nitrogens with zero attached hydrogens (tertiary/aromatic N) is 1. The summed E-state index contributed by atoms with van der Waals surface area (Å²) in [6.07, 6.45) is 0.761. The fourth-order valence-corrected chi connectivity index (χ4v) is 2.65. The predicted molar refractivity (Wildman–Crippen MR) is 86.1 cm³/mol. The molecule has 0 spiro atoms. The summed E-state index contributed by atoms with van der Waals surface area (Å²) in [6.45, 7) is 2.00. The number of carbonyl (C=O) groups is 1. The molecule has 0 saturated carbocycles. The summed E-state index contributed by atoms with van der Waals surface area (Å²) in [6, 6.07) is 15.2. The van der Waals surface area contributed by atoms with E-state index in [-0.39, 0.29) is 0 Å². The molecule has 21 heavy (non-hydrogen) atoms. The summed E-state index contributed by atoms with van der Waals surface area (Å²) in [5.41, 5.74) is 2.35. The lowest BCUT2D eigenvalue weighted by Crippen LogP contribution is -1.95. The van der Waals surface area contributed by atoms with E-state index in [9.17, 15) is 4.79 Å². The van der Waals surface area contributed by atoms with Gasteiger partial charge in [0.15, 0.2) is 6.29 Å². The van der Waals surface area contributed by atoms with Crippen LogP contribution < -0.4 is 4.74 Å². The number of rotatable bonds is 3. The number of pyridine rings is 1. The van der Waals surface area contributed by atoms with Crippen molar-refractivity contribution >= 4 is 33.1 Å². The molecule has 0 aliphatic heterocycles. The first kappa shape index (κ1) is 13.8. The van der Waals surface area contributed by atoms with Crippen molar-refractivity contribution in [2.75, 3.05) is 0 Å². The largest absolute Gasteiger partial charge is 0.437 e. The standard InChI is InChI=1S/C17H12BrNO2/c1-11-6-7-16(14(18)8-11)21-17-13(10-20)9-12-4-2-3-5-15(12)19-17/h2-10H,1H3. The summed E-state index contributed by atoms with van der Waals surface area (Å²) < 4.78 is 6.63. The topological polar surface area (TPSA) is 39.2 Å². The Balaban J connectivity index is 2.08. The highest BCUT2D eigenvalue weighted by Crippen LogP contribution is 2.31. The first-order chi connectivity index (χ1) is 10.2. The van der Waals surface area contributed by atoms with Gasteiger partial charge in [0.1, 0.15) is 5.75 Å². The molecule has 0 fully saturated rings. The molecule has 104 valence electrons. The van der Waals surface area contributed by atoms with Gasteiger partial charge >= 0.3 is 0 Å². The van der Waals surface area contributed by atoms with Crippen molar-refractivity contribution in [2.24, 2.45) is 0 Å². The van der Waals surface area contributed by atoms with Gasteiger partial charge in [-0.25, -0.2) is 4.98 Å². The van der Waals surface area contributed by atoms with Crippen LogP contribution in [0.1, 0.15) is 15.9 Å². The number of aryl methyl sites for hydroxylation is 1. The quantitative estimate of drug-likeness (QED) is 0.635. The molecule has 0 N–H and O–H groups in total. The van der Waals surface area contributed by atoms with E-state index in [4.69, 9.17) is 4.74 Å². The number of hydrogen-bond acceptors (Lipinski definition) is 3. The zero-order valence-electron chi connectivity index (χ0n) is 11.3. The minimum Gasteiger partial charge on any atom is -0.437 e. The second-order valence-electron chi connectivity index (χ2n) is 4.73. The van der Waals surface area contributed by atoms with Crippen LogP contribution >= 0.6 is 15.9 Å². The van der Waals surface area contributed by atoms with E-state index in [1.807, 2.05) is 49.4 Å². The average Bonchev–Trinajstić information content (AvgIpc) is 2.49. The van der Waals surface area contributed by atoms with Gasteiger partial charge in [-0.3, -0.25) is 4.79 Å². The fourth-order valence-electron chi connectivity index (χ4n) is 2.07. The summed E-state index contributed by atoms with van der Waals surface area (Å²) in [5, 5.41) is 0.912. The van der Waals surface area contributed by atoms with Crippen LogP contribution in [0.5, 0.6) is 11.6 Å². The van der Waals surface area contributed by atoms with Crippen LogP contribution in [-0.4, -0.2) is 11.3 Å². The average molecular weight is 342 g/mol. The maximum absolute atomic E-state index is 11.3. The van der Waals surface area contributed by atoms with E-state index in [1.54, 1.807) is 6.07 Å². The summed E-state index contributed by atoms with van der Waals surface area (Å²) in [4.78, 5) is 15.7. The Morgan fingerprint density at radius 3 is 2.71 bits per heavy atom. The Morgan fingerprint density at radius 1 is 1.14 bits per heavy atom. The Labute approximate surface area is 130 Å². The first-order valence-corrected chi connectivity index (χ1v) is 7.25. The molecule has 3 aromatic rings. The van der Waals surface area contributed by atoms with E-state index in [0.717, 1.165) is 27.2 Å². The molecule has 1 aromatic heterocycles. The minimum atomic E-state index is 0.313. The van der Waals surface area contributed by atoms with E-state index < -0.39 is 0 Å².